The molecule has 21 heavy (non-hydrogen) atoms. The number of fused-ring (bicyclic) bond motifs is 1. The van der Waals surface area contributed by atoms with Crippen LogP contribution in [0.25, 0.3) is 0 Å². The summed E-state index contributed by atoms with van der Waals surface area (Å²) in [5.41, 5.74) is 1.15. The van der Waals surface area contributed by atoms with Crippen LogP contribution in [0.15, 0.2) is 24.3 Å². The van der Waals surface area contributed by atoms with Gasteiger partial charge >= 0.3 is 0 Å². The molecule has 0 aliphatic carbocycles. The first kappa shape index (κ1) is 14.4. The molecule has 1 amide bonds. The van der Waals surface area contributed by atoms with E-state index in [0.29, 0.717) is 12.6 Å². The lowest BCUT2D eigenvalue weighted by atomic mass is 9.94. The number of likely N-dealkylation sites (tertiary alicyclic amines) is 1. The summed E-state index contributed by atoms with van der Waals surface area (Å²) >= 11 is 0. The second-order valence-corrected chi connectivity index (χ2v) is 6.00. The Morgan fingerprint density at radius 3 is 3.14 bits per heavy atom. The predicted molar refractivity (Wildman–Crippen MR) is 82.4 cm³/mol. The number of ether oxygens (including phenoxy) is 1. The maximum absolute atomic E-state index is 12.7. The number of carbonyl (C=O) groups excluding carboxylic acids is 1. The van der Waals surface area contributed by atoms with Crippen molar-refractivity contribution in [3.05, 3.63) is 29.8 Å². The number of hydrogen-bond acceptors (Lipinski definition) is 3. The number of nitrogens with zero attached hydrogens (tertiary/aromatic N) is 1. The van der Waals surface area contributed by atoms with Crippen molar-refractivity contribution >= 4 is 5.91 Å². The molecule has 2 heterocycles. The third-order valence-corrected chi connectivity index (χ3v) is 4.45. The van der Waals surface area contributed by atoms with Gasteiger partial charge in [-0.2, -0.15) is 0 Å². The van der Waals surface area contributed by atoms with Gasteiger partial charge in [-0.1, -0.05) is 25.1 Å². The Morgan fingerprint density at radius 2 is 2.29 bits per heavy atom. The fraction of sp³-hybridized carbons (Fsp3) is 0.588. The van der Waals surface area contributed by atoms with E-state index in [1.54, 1.807) is 0 Å². The van der Waals surface area contributed by atoms with Gasteiger partial charge in [-0.3, -0.25) is 4.79 Å². The smallest absolute Gasteiger partial charge is 0.229 e. The lowest BCUT2D eigenvalue weighted by molar-refractivity contribution is -0.138. The number of carbonyl (C=O) groups is 1. The van der Waals surface area contributed by atoms with Crippen LogP contribution in [0.5, 0.6) is 5.75 Å². The maximum atomic E-state index is 12.7. The first-order chi connectivity index (χ1) is 10.3. The van der Waals surface area contributed by atoms with Gasteiger partial charge in [0.1, 0.15) is 12.4 Å². The maximum Gasteiger partial charge on any atom is 0.229 e. The Bertz CT molecular complexity index is 501. The van der Waals surface area contributed by atoms with Crippen molar-refractivity contribution in [2.24, 2.45) is 5.92 Å². The van der Waals surface area contributed by atoms with Crippen LogP contribution in [0.4, 0.5) is 0 Å². The minimum atomic E-state index is -0.0275. The molecule has 1 N–H and O–H groups in total. The molecule has 3 rings (SSSR count). The van der Waals surface area contributed by atoms with E-state index in [9.17, 15) is 4.79 Å². The molecule has 0 spiro atoms. The normalized spacial score (nSPS) is 25.1. The fourth-order valence-electron chi connectivity index (χ4n) is 3.38. The first-order valence-electron chi connectivity index (χ1n) is 8.00. The van der Waals surface area contributed by atoms with Gasteiger partial charge in [0.25, 0.3) is 0 Å². The second kappa shape index (κ2) is 6.48. The molecule has 0 aromatic heterocycles. The zero-order chi connectivity index (χ0) is 14.7. The highest BCUT2D eigenvalue weighted by atomic mass is 16.5. The second-order valence-electron chi connectivity index (χ2n) is 6.00. The molecule has 2 unspecified atom stereocenters. The first-order valence-corrected chi connectivity index (χ1v) is 8.00. The summed E-state index contributed by atoms with van der Waals surface area (Å²) in [5.74, 6) is 1.16. The van der Waals surface area contributed by atoms with E-state index in [1.165, 1.54) is 6.42 Å². The van der Waals surface area contributed by atoms with E-state index >= 15 is 0 Å². The van der Waals surface area contributed by atoms with Gasteiger partial charge < -0.3 is 15.0 Å². The van der Waals surface area contributed by atoms with E-state index in [2.05, 4.69) is 18.3 Å². The number of benzene rings is 1. The van der Waals surface area contributed by atoms with Crippen LogP contribution in [0.3, 0.4) is 0 Å². The van der Waals surface area contributed by atoms with Gasteiger partial charge in [-0.15, -0.1) is 0 Å². The average molecular weight is 288 g/mol. The highest BCUT2D eigenvalue weighted by molar-refractivity contribution is 5.80. The number of para-hydroxylation sites is 1. The van der Waals surface area contributed by atoms with E-state index in [-0.39, 0.29) is 11.8 Å². The van der Waals surface area contributed by atoms with Crippen LogP contribution in [0, 0.1) is 5.92 Å². The molecular formula is C17H24N2O2. The van der Waals surface area contributed by atoms with Crippen LogP contribution in [-0.4, -0.2) is 43.1 Å². The van der Waals surface area contributed by atoms with Crippen molar-refractivity contribution in [2.75, 3.05) is 26.2 Å². The molecule has 0 radical (unpaired) electrons. The number of rotatable bonds is 3. The minimum absolute atomic E-state index is 0.0275. The third-order valence-electron chi connectivity index (χ3n) is 4.45. The number of hydrogen-bond donors (Lipinski definition) is 1. The van der Waals surface area contributed by atoms with Crippen molar-refractivity contribution in [3.8, 4) is 5.75 Å². The van der Waals surface area contributed by atoms with Gasteiger partial charge in [-0.25, -0.2) is 0 Å². The van der Waals surface area contributed by atoms with Crippen LogP contribution < -0.4 is 10.1 Å². The Balaban J connectivity index is 1.63. The van der Waals surface area contributed by atoms with Gasteiger partial charge in [-0.05, 0) is 37.4 Å². The zero-order valence-electron chi connectivity index (χ0n) is 12.7. The summed E-state index contributed by atoms with van der Waals surface area (Å²) in [7, 11) is 0. The summed E-state index contributed by atoms with van der Waals surface area (Å²) in [5, 5.41) is 3.46. The highest BCUT2D eigenvalue weighted by Crippen LogP contribution is 2.28. The minimum Gasteiger partial charge on any atom is -0.492 e. The number of likely N-dealkylation sites (N-methyl/N-ethyl adjacent to an activating group) is 1. The summed E-state index contributed by atoms with van der Waals surface area (Å²) in [6.07, 6.45) is 3.06. The van der Waals surface area contributed by atoms with Crippen LogP contribution in [0.2, 0.25) is 0 Å². The number of piperidine rings is 1. The highest BCUT2D eigenvalue weighted by Gasteiger charge is 2.31. The van der Waals surface area contributed by atoms with E-state index in [0.717, 1.165) is 43.8 Å². The molecule has 4 heteroatoms. The molecule has 4 nitrogen and oxygen atoms in total. The van der Waals surface area contributed by atoms with Crippen LogP contribution >= 0.6 is 0 Å². The Morgan fingerprint density at radius 1 is 1.43 bits per heavy atom. The largest absolute Gasteiger partial charge is 0.492 e. The molecule has 1 fully saturated rings. The Labute approximate surface area is 126 Å². The molecule has 114 valence electrons. The number of nitrogens with one attached hydrogen (secondary N) is 1. The third kappa shape index (κ3) is 3.21. The quantitative estimate of drug-likeness (QED) is 0.923. The topological polar surface area (TPSA) is 41.6 Å². The fourth-order valence-corrected chi connectivity index (χ4v) is 3.38. The van der Waals surface area contributed by atoms with E-state index in [4.69, 9.17) is 4.74 Å². The van der Waals surface area contributed by atoms with E-state index in [1.807, 2.05) is 23.1 Å². The summed E-state index contributed by atoms with van der Waals surface area (Å²) in [6, 6.07) is 8.48. The average Bonchev–Trinajstić information content (AvgIpc) is 2.54. The monoisotopic (exact) mass is 288 g/mol. The Kier molecular flexibility index (Phi) is 4.44. The molecule has 2 aliphatic heterocycles. The lowest BCUT2D eigenvalue weighted by Gasteiger charge is -2.36. The lowest BCUT2D eigenvalue weighted by Crippen LogP contribution is -2.50. The standard InChI is InChI=1S/C17H24N2O2/c1-2-18-15-7-5-9-19(11-15)17(20)14-10-13-6-3-4-8-16(13)21-12-14/h3-4,6,8,14-15,18H,2,5,7,9-12H2,1H3. The zero-order valence-corrected chi connectivity index (χ0v) is 12.7. The summed E-state index contributed by atoms with van der Waals surface area (Å²) in [6.45, 7) is 5.32. The van der Waals surface area contributed by atoms with Crippen LogP contribution in [-0.2, 0) is 11.2 Å². The van der Waals surface area contributed by atoms with Crippen LogP contribution in [0.1, 0.15) is 25.3 Å². The van der Waals surface area contributed by atoms with E-state index < -0.39 is 0 Å². The van der Waals surface area contributed by atoms with Crippen molar-refractivity contribution in [2.45, 2.75) is 32.2 Å². The van der Waals surface area contributed by atoms with Crippen molar-refractivity contribution in [1.29, 1.82) is 0 Å². The van der Waals surface area contributed by atoms with Crippen molar-refractivity contribution < 1.29 is 9.53 Å². The van der Waals surface area contributed by atoms with Gasteiger partial charge in [0.15, 0.2) is 0 Å². The van der Waals surface area contributed by atoms with Crippen molar-refractivity contribution in [1.82, 2.24) is 10.2 Å². The molecular weight excluding hydrogens is 264 g/mol. The SMILES string of the molecule is CCNC1CCCN(C(=O)C2COc3ccccc3C2)C1. The predicted octanol–water partition coefficient (Wildman–Crippen LogP) is 1.84. The summed E-state index contributed by atoms with van der Waals surface area (Å²) in [4.78, 5) is 14.8. The van der Waals surface area contributed by atoms with Gasteiger partial charge in [0.05, 0.1) is 5.92 Å². The summed E-state index contributed by atoms with van der Waals surface area (Å²) < 4.78 is 5.76. The Hall–Kier alpha value is -1.55. The van der Waals surface area contributed by atoms with Gasteiger partial charge in [0, 0.05) is 19.1 Å². The molecule has 1 aromatic rings. The molecule has 0 bridgehead atoms. The molecule has 2 atom stereocenters. The van der Waals surface area contributed by atoms with Crippen molar-refractivity contribution in [3.63, 3.8) is 0 Å². The molecule has 2 aliphatic rings. The molecule has 1 saturated heterocycles. The van der Waals surface area contributed by atoms with Gasteiger partial charge in [0.2, 0.25) is 5.91 Å². The molecule has 1 aromatic carbocycles. The molecule has 0 saturated carbocycles. The number of amides is 1.